The fourth-order valence-electron chi connectivity index (χ4n) is 3.43. The molecular formula is C23H27NO. The lowest BCUT2D eigenvalue weighted by molar-refractivity contribution is 0.102. The van der Waals surface area contributed by atoms with Crippen LogP contribution in [0.1, 0.15) is 54.9 Å². The van der Waals surface area contributed by atoms with Crippen LogP contribution in [0, 0.1) is 0 Å². The van der Waals surface area contributed by atoms with Crippen LogP contribution in [-0.2, 0) is 6.54 Å². The average molecular weight is 333 g/mol. The number of benzene rings is 2. The topological polar surface area (TPSA) is 20.3 Å². The highest BCUT2D eigenvalue weighted by atomic mass is 16.1. The van der Waals surface area contributed by atoms with E-state index in [9.17, 15) is 4.79 Å². The van der Waals surface area contributed by atoms with Crippen LogP contribution in [-0.4, -0.2) is 12.3 Å². The molecule has 0 saturated heterocycles. The van der Waals surface area contributed by atoms with Crippen molar-refractivity contribution in [2.45, 2.75) is 45.6 Å². The van der Waals surface area contributed by atoms with Gasteiger partial charge in [-0.2, -0.15) is 0 Å². The maximum atomic E-state index is 12.8. The van der Waals surface area contributed by atoms with Crippen LogP contribution in [0.25, 0.3) is 0 Å². The first-order valence-corrected chi connectivity index (χ1v) is 9.41. The summed E-state index contributed by atoms with van der Waals surface area (Å²) in [5.41, 5.74) is 4.11. The van der Waals surface area contributed by atoms with Crippen molar-refractivity contribution in [2.24, 2.45) is 0 Å². The highest BCUT2D eigenvalue weighted by Crippen LogP contribution is 2.31. The van der Waals surface area contributed by atoms with Crippen molar-refractivity contribution < 1.29 is 4.79 Å². The zero-order valence-corrected chi connectivity index (χ0v) is 15.1. The predicted octanol–water partition coefficient (Wildman–Crippen LogP) is 5.79. The highest BCUT2D eigenvalue weighted by Gasteiger charge is 2.26. The number of carbonyl (C=O) groups excluding carboxylic acids is 1. The first kappa shape index (κ1) is 17.5. The zero-order valence-electron chi connectivity index (χ0n) is 15.1. The Hall–Kier alpha value is -2.35. The molecule has 0 saturated carbocycles. The Morgan fingerprint density at radius 2 is 1.72 bits per heavy atom. The van der Waals surface area contributed by atoms with Gasteiger partial charge in [-0.1, -0.05) is 74.7 Å². The Balaban J connectivity index is 1.79. The molecule has 0 bridgehead atoms. The van der Waals surface area contributed by atoms with Crippen molar-refractivity contribution in [3.05, 3.63) is 77.4 Å². The van der Waals surface area contributed by atoms with Crippen LogP contribution >= 0.6 is 0 Å². The number of hydrogen-bond donors (Lipinski definition) is 0. The van der Waals surface area contributed by atoms with E-state index in [4.69, 9.17) is 0 Å². The van der Waals surface area contributed by atoms with Gasteiger partial charge in [0, 0.05) is 29.9 Å². The number of allylic oxidation sites excluding steroid dienone is 1. The van der Waals surface area contributed by atoms with Gasteiger partial charge in [0.05, 0.1) is 0 Å². The lowest BCUT2D eigenvalue weighted by atomic mass is 9.94. The maximum Gasteiger partial charge on any atom is 0.192 e. The third-order valence-corrected chi connectivity index (χ3v) is 4.81. The molecule has 0 spiro atoms. The second kappa shape index (κ2) is 8.66. The van der Waals surface area contributed by atoms with E-state index in [1.54, 1.807) is 0 Å². The number of fused-ring (bicyclic) bond motifs is 1. The third kappa shape index (κ3) is 4.39. The molecule has 0 unspecified atom stereocenters. The Morgan fingerprint density at radius 1 is 0.960 bits per heavy atom. The van der Waals surface area contributed by atoms with E-state index in [1.807, 2.05) is 24.3 Å². The van der Waals surface area contributed by atoms with Gasteiger partial charge >= 0.3 is 0 Å². The van der Waals surface area contributed by atoms with E-state index in [2.05, 4.69) is 48.2 Å². The number of rotatable bonds is 7. The van der Waals surface area contributed by atoms with Gasteiger partial charge in [-0.05, 0) is 30.5 Å². The van der Waals surface area contributed by atoms with Crippen molar-refractivity contribution in [1.82, 2.24) is 0 Å². The van der Waals surface area contributed by atoms with Gasteiger partial charge < -0.3 is 4.90 Å². The van der Waals surface area contributed by atoms with Crippen LogP contribution in [0.5, 0.6) is 0 Å². The van der Waals surface area contributed by atoms with Gasteiger partial charge in [-0.3, -0.25) is 4.79 Å². The molecule has 0 atom stereocenters. The molecule has 0 amide bonds. The van der Waals surface area contributed by atoms with Crippen molar-refractivity contribution in [1.29, 1.82) is 0 Å². The second-order valence-electron chi connectivity index (χ2n) is 6.77. The standard InChI is InChI=1S/C23H27NO/c1-2-3-4-5-9-14-20-18-24(17-19-12-7-6-8-13-19)22-16-11-10-15-21(22)23(20)25/h6-8,10-16H,2-5,9,17-18H2,1H3. The Morgan fingerprint density at radius 3 is 2.52 bits per heavy atom. The summed E-state index contributed by atoms with van der Waals surface area (Å²) in [6, 6.07) is 18.5. The number of anilines is 1. The molecule has 0 fully saturated rings. The number of ketones is 1. The Bertz CT molecular complexity index is 733. The molecule has 0 aromatic heterocycles. The van der Waals surface area contributed by atoms with Crippen molar-refractivity contribution >= 4 is 11.5 Å². The highest BCUT2D eigenvalue weighted by molar-refractivity contribution is 6.14. The molecule has 1 aliphatic heterocycles. The minimum Gasteiger partial charge on any atom is -0.362 e. The molecule has 0 N–H and O–H groups in total. The lowest BCUT2D eigenvalue weighted by Gasteiger charge is -2.32. The fourth-order valence-corrected chi connectivity index (χ4v) is 3.43. The summed E-state index contributed by atoms with van der Waals surface area (Å²) < 4.78 is 0. The fraction of sp³-hybridized carbons (Fsp3) is 0.348. The molecule has 3 rings (SSSR count). The van der Waals surface area contributed by atoms with Gasteiger partial charge in [0.25, 0.3) is 0 Å². The Kier molecular flexibility index (Phi) is 6.05. The van der Waals surface area contributed by atoms with Crippen molar-refractivity contribution in [3.63, 3.8) is 0 Å². The van der Waals surface area contributed by atoms with Crippen LogP contribution < -0.4 is 4.90 Å². The average Bonchev–Trinajstić information content (AvgIpc) is 2.66. The monoisotopic (exact) mass is 333 g/mol. The number of nitrogens with zero attached hydrogens (tertiary/aromatic N) is 1. The molecule has 0 radical (unpaired) electrons. The number of unbranched alkanes of at least 4 members (excludes halogenated alkanes) is 4. The normalized spacial score (nSPS) is 15.5. The SMILES string of the molecule is CCCCCCC=C1CN(Cc2ccccc2)c2ccccc2C1=O. The van der Waals surface area contributed by atoms with Gasteiger partial charge in [-0.25, -0.2) is 0 Å². The summed E-state index contributed by atoms with van der Waals surface area (Å²) in [5.74, 6) is 0.204. The summed E-state index contributed by atoms with van der Waals surface area (Å²) in [7, 11) is 0. The van der Waals surface area contributed by atoms with E-state index < -0.39 is 0 Å². The number of para-hydroxylation sites is 1. The van der Waals surface area contributed by atoms with Crippen LogP contribution in [0.15, 0.2) is 66.2 Å². The summed E-state index contributed by atoms with van der Waals surface area (Å²) in [6.45, 7) is 3.76. The first-order valence-electron chi connectivity index (χ1n) is 9.41. The molecule has 2 heteroatoms. The minimum absolute atomic E-state index is 0.204. The maximum absolute atomic E-state index is 12.8. The van der Waals surface area contributed by atoms with E-state index in [-0.39, 0.29) is 5.78 Å². The predicted molar refractivity (Wildman–Crippen MR) is 105 cm³/mol. The lowest BCUT2D eigenvalue weighted by Crippen LogP contribution is -2.33. The Labute approximate surface area is 151 Å². The number of Topliss-reactive ketones (excluding diaryl/α,β-unsaturated/α-hetero) is 1. The summed E-state index contributed by atoms with van der Waals surface area (Å²) >= 11 is 0. The minimum atomic E-state index is 0.204. The molecule has 2 aromatic rings. The summed E-state index contributed by atoms with van der Waals surface area (Å²) in [4.78, 5) is 15.2. The molecule has 1 aliphatic rings. The molecule has 2 nitrogen and oxygen atoms in total. The van der Waals surface area contributed by atoms with E-state index >= 15 is 0 Å². The quantitative estimate of drug-likeness (QED) is 0.472. The number of carbonyl (C=O) groups is 1. The van der Waals surface area contributed by atoms with Crippen LogP contribution in [0.2, 0.25) is 0 Å². The van der Waals surface area contributed by atoms with Gasteiger partial charge in [0.2, 0.25) is 0 Å². The summed E-state index contributed by atoms with van der Waals surface area (Å²) in [5, 5.41) is 0. The smallest absolute Gasteiger partial charge is 0.192 e. The van der Waals surface area contributed by atoms with Crippen LogP contribution in [0.4, 0.5) is 5.69 Å². The third-order valence-electron chi connectivity index (χ3n) is 4.81. The summed E-state index contributed by atoms with van der Waals surface area (Å²) in [6.07, 6.45) is 8.12. The van der Waals surface area contributed by atoms with E-state index in [0.29, 0.717) is 6.54 Å². The molecule has 25 heavy (non-hydrogen) atoms. The molecular weight excluding hydrogens is 306 g/mol. The zero-order chi connectivity index (χ0) is 17.5. The molecule has 130 valence electrons. The molecule has 2 aromatic carbocycles. The van der Waals surface area contributed by atoms with Gasteiger partial charge in [-0.15, -0.1) is 0 Å². The largest absolute Gasteiger partial charge is 0.362 e. The molecule has 0 aliphatic carbocycles. The van der Waals surface area contributed by atoms with E-state index in [1.165, 1.54) is 31.2 Å². The van der Waals surface area contributed by atoms with E-state index in [0.717, 1.165) is 29.8 Å². The van der Waals surface area contributed by atoms with Gasteiger partial charge in [0.15, 0.2) is 5.78 Å². The molecule has 1 heterocycles. The second-order valence-corrected chi connectivity index (χ2v) is 6.77. The first-order chi connectivity index (χ1) is 12.3. The van der Waals surface area contributed by atoms with Crippen molar-refractivity contribution in [3.8, 4) is 0 Å². The van der Waals surface area contributed by atoms with Gasteiger partial charge in [0.1, 0.15) is 0 Å². The number of hydrogen-bond acceptors (Lipinski definition) is 2. The van der Waals surface area contributed by atoms with Crippen LogP contribution in [0.3, 0.4) is 0 Å². The van der Waals surface area contributed by atoms with Crippen molar-refractivity contribution in [2.75, 3.05) is 11.4 Å².